The largest absolute Gasteiger partial charge is 0.504 e. The number of benzene rings is 3. The number of nitrogens with one attached hydrogen (secondary N) is 1. The monoisotopic (exact) mass is 605 g/mol. The fourth-order valence-electron chi connectivity index (χ4n) is 7.23. The Morgan fingerprint density at radius 3 is 2.60 bits per heavy atom. The lowest BCUT2D eigenvalue weighted by atomic mass is 9.81. The number of hydrogen-bond donors (Lipinski definition) is 2. The Kier molecular flexibility index (Phi) is 8.06. The van der Waals surface area contributed by atoms with E-state index < -0.39 is 0 Å². The number of phenolic OH excluding ortho intramolecular Hbond substituents is 1. The van der Waals surface area contributed by atoms with Crippen molar-refractivity contribution in [1.29, 1.82) is 0 Å². The predicted molar refractivity (Wildman–Crippen MR) is 174 cm³/mol. The van der Waals surface area contributed by atoms with Crippen LogP contribution >= 0.6 is 0 Å². The molecule has 2 amide bonds. The second-order valence-corrected chi connectivity index (χ2v) is 12.3. The van der Waals surface area contributed by atoms with Gasteiger partial charge < -0.3 is 29.4 Å². The minimum absolute atomic E-state index is 0.0419. The number of aromatic hydroxyl groups is 1. The van der Waals surface area contributed by atoms with Crippen molar-refractivity contribution in [2.24, 2.45) is 0 Å². The van der Waals surface area contributed by atoms with Crippen molar-refractivity contribution >= 4 is 28.8 Å². The summed E-state index contributed by atoms with van der Waals surface area (Å²) < 4.78 is 13.0. The summed E-state index contributed by atoms with van der Waals surface area (Å²) in [6.45, 7) is 3.00. The number of ether oxygens (including phenoxy) is 2. The first-order chi connectivity index (χ1) is 22.0. The summed E-state index contributed by atoms with van der Waals surface area (Å²) in [5.41, 5.74) is 7.79. The van der Waals surface area contributed by atoms with Crippen molar-refractivity contribution in [3.8, 4) is 22.8 Å². The Labute approximate surface area is 263 Å². The maximum Gasteiger partial charge on any atom is 0.251 e. The quantitative estimate of drug-likeness (QED) is 0.271. The summed E-state index contributed by atoms with van der Waals surface area (Å²) in [6.07, 6.45) is 8.02. The topological polar surface area (TPSA) is 93.0 Å². The summed E-state index contributed by atoms with van der Waals surface area (Å²) in [4.78, 5) is 29.3. The van der Waals surface area contributed by atoms with Crippen LogP contribution in [0.3, 0.4) is 0 Å². The first-order valence-electron chi connectivity index (χ1n) is 16.0. The zero-order valence-corrected chi connectivity index (χ0v) is 25.7. The lowest BCUT2D eigenvalue weighted by Crippen LogP contribution is -2.41. The second kappa shape index (κ2) is 12.4. The number of morpholine rings is 1. The molecule has 1 saturated carbocycles. The number of hydrogen-bond acceptors (Lipinski definition) is 5. The highest BCUT2D eigenvalue weighted by atomic mass is 16.5. The van der Waals surface area contributed by atoms with Crippen molar-refractivity contribution in [2.45, 2.75) is 51.1 Å². The molecular formula is C37H39N3O5. The van der Waals surface area contributed by atoms with Gasteiger partial charge >= 0.3 is 0 Å². The standard InChI is InChI=1S/C37H39N3O5/c1-44-33-19-24(11-14-32(33)41)22-38-36(42)27-12-13-30-31(21-27)40-23-28(37(43)39-15-17-45-18-16-39)20-26-9-5-6-10-29(26)35(40)34(30)25-7-3-2-4-8-25/h5-6,9-14,19-21,25,41H,2-4,7-8,15-18,22-23H2,1H3,(H,38,42). The van der Waals surface area contributed by atoms with Crippen LogP contribution in [0.5, 0.6) is 11.5 Å². The Morgan fingerprint density at radius 1 is 1.00 bits per heavy atom. The number of aromatic nitrogens is 1. The first-order valence-corrected chi connectivity index (χ1v) is 16.0. The average Bonchev–Trinajstić information content (AvgIpc) is 3.30. The molecule has 1 aromatic heterocycles. The smallest absolute Gasteiger partial charge is 0.251 e. The highest BCUT2D eigenvalue weighted by Crippen LogP contribution is 2.46. The van der Waals surface area contributed by atoms with E-state index in [4.69, 9.17) is 9.47 Å². The molecule has 7 rings (SSSR count). The third kappa shape index (κ3) is 5.59. The highest BCUT2D eigenvalue weighted by molar-refractivity contribution is 6.04. The van der Waals surface area contributed by atoms with E-state index >= 15 is 0 Å². The van der Waals surface area contributed by atoms with Gasteiger partial charge in [-0.1, -0.05) is 55.7 Å². The van der Waals surface area contributed by atoms with Crippen molar-refractivity contribution in [3.05, 3.63) is 88.5 Å². The molecule has 0 unspecified atom stereocenters. The van der Waals surface area contributed by atoms with Crippen molar-refractivity contribution in [1.82, 2.24) is 14.8 Å². The number of rotatable bonds is 6. The number of phenols is 1. The fourth-order valence-corrected chi connectivity index (χ4v) is 7.23. The Hall–Kier alpha value is -4.56. The lowest BCUT2D eigenvalue weighted by Gasteiger charge is -2.28. The van der Waals surface area contributed by atoms with E-state index in [2.05, 4.69) is 40.2 Å². The van der Waals surface area contributed by atoms with E-state index in [9.17, 15) is 14.7 Å². The number of methoxy groups -OCH3 is 1. The van der Waals surface area contributed by atoms with Crippen LogP contribution in [0.4, 0.5) is 0 Å². The first kappa shape index (κ1) is 29.2. The van der Waals surface area contributed by atoms with Crippen molar-refractivity contribution < 1.29 is 24.2 Å². The van der Waals surface area contributed by atoms with Crippen LogP contribution in [0.15, 0.2) is 66.2 Å². The highest BCUT2D eigenvalue weighted by Gasteiger charge is 2.31. The second-order valence-electron chi connectivity index (χ2n) is 12.3. The van der Waals surface area contributed by atoms with Gasteiger partial charge in [0, 0.05) is 47.2 Å². The number of fused-ring (bicyclic) bond motifs is 5. The molecule has 2 aliphatic heterocycles. The van der Waals surface area contributed by atoms with Gasteiger partial charge in [-0.25, -0.2) is 0 Å². The predicted octanol–water partition coefficient (Wildman–Crippen LogP) is 6.26. The number of carbonyl (C=O) groups excluding carboxylic acids is 2. The Bertz CT molecular complexity index is 1790. The lowest BCUT2D eigenvalue weighted by molar-refractivity contribution is -0.131. The molecular weight excluding hydrogens is 566 g/mol. The van der Waals surface area contributed by atoms with E-state index in [0.29, 0.717) is 56.6 Å². The molecule has 45 heavy (non-hydrogen) atoms. The van der Waals surface area contributed by atoms with Gasteiger partial charge in [0.25, 0.3) is 11.8 Å². The average molecular weight is 606 g/mol. The van der Waals surface area contributed by atoms with Gasteiger partial charge in [0.1, 0.15) is 0 Å². The molecule has 0 atom stereocenters. The summed E-state index contributed by atoms with van der Waals surface area (Å²) >= 11 is 0. The SMILES string of the molecule is COc1cc(CNC(=O)c2ccc3c(C4CCCCC4)c4n(c3c2)CC(C(=O)N2CCOCC2)=Cc2ccccc2-4)ccc1O. The normalized spacial score (nSPS) is 16.8. The van der Waals surface area contributed by atoms with Crippen LogP contribution in [0.25, 0.3) is 28.2 Å². The number of carbonyl (C=O) groups is 2. The zero-order valence-electron chi connectivity index (χ0n) is 25.7. The molecule has 4 aromatic rings. The molecule has 232 valence electrons. The molecule has 3 aliphatic rings. The molecule has 3 heterocycles. The number of nitrogens with zero attached hydrogens (tertiary/aromatic N) is 2. The minimum atomic E-state index is -0.187. The van der Waals surface area contributed by atoms with Crippen LogP contribution in [0, 0.1) is 0 Å². The molecule has 0 spiro atoms. The molecule has 2 N–H and O–H groups in total. The maximum atomic E-state index is 13.9. The van der Waals surface area contributed by atoms with Crippen molar-refractivity contribution in [3.63, 3.8) is 0 Å². The van der Waals surface area contributed by atoms with Gasteiger partial charge in [0.15, 0.2) is 11.5 Å². The van der Waals surface area contributed by atoms with Crippen LogP contribution < -0.4 is 10.1 Å². The molecule has 3 aromatic carbocycles. The summed E-state index contributed by atoms with van der Waals surface area (Å²) in [5.74, 6) is 0.701. The van der Waals surface area contributed by atoms with E-state index in [-0.39, 0.29) is 17.6 Å². The molecule has 8 heteroatoms. The molecule has 1 aliphatic carbocycles. The summed E-state index contributed by atoms with van der Waals surface area (Å²) in [7, 11) is 1.50. The Morgan fingerprint density at radius 2 is 1.80 bits per heavy atom. The molecule has 2 fully saturated rings. The zero-order chi connectivity index (χ0) is 30.9. The maximum absolute atomic E-state index is 13.9. The van der Waals surface area contributed by atoms with Gasteiger partial charge in [0.2, 0.25) is 0 Å². The fraction of sp³-hybridized carbons (Fsp3) is 0.351. The molecule has 0 bridgehead atoms. The Balaban J connectivity index is 1.31. The van der Waals surface area contributed by atoms with E-state index in [0.717, 1.165) is 46.0 Å². The molecule has 8 nitrogen and oxygen atoms in total. The van der Waals surface area contributed by atoms with E-state index in [1.54, 1.807) is 18.2 Å². The van der Waals surface area contributed by atoms with Crippen LogP contribution in [0.2, 0.25) is 0 Å². The minimum Gasteiger partial charge on any atom is -0.504 e. The molecule has 1 saturated heterocycles. The third-order valence-corrected chi connectivity index (χ3v) is 9.52. The van der Waals surface area contributed by atoms with Gasteiger partial charge in [-0.2, -0.15) is 0 Å². The van der Waals surface area contributed by atoms with Gasteiger partial charge in [-0.15, -0.1) is 0 Å². The summed E-state index contributed by atoms with van der Waals surface area (Å²) in [6, 6.07) is 19.5. The molecule has 0 radical (unpaired) electrons. The van der Waals surface area contributed by atoms with Crippen LogP contribution in [-0.2, 0) is 22.6 Å². The van der Waals surface area contributed by atoms with Gasteiger partial charge in [-0.05, 0) is 65.8 Å². The van der Waals surface area contributed by atoms with Crippen molar-refractivity contribution in [2.75, 3.05) is 33.4 Å². The van der Waals surface area contributed by atoms with Gasteiger partial charge in [0.05, 0.1) is 32.6 Å². The number of amides is 2. The van der Waals surface area contributed by atoms with Crippen LogP contribution in [-0.4, -0.2) is 59.8 Å². The third-order valence-electron chi connectivity index (χ3n) is 9.52. The van der Waals surface area contributed by atoms with Crippen LogP contribution in [0.1, 0.15) is 65.1 Å². The summed E-state index contributed by atoms with van der Waals surface area (Å²) in [5, 5.41) is 14.1. The van der Waals surface area contributed by atoms with E-state index in [1.165, 1.54) is 37.6 Å². The van der Waals surface area contributed by atoms with E-state index in [1.807, 2.05) is 23.1 Å². The van der Waals surface area contributed by atoms with Gasteiger partial charge in [-0.3, -0.25) is 9.59 Å².